The molecule has 0 aliphatic carbocycles. The Hall–Kier alpha value is -1.65. The molecule has 21 heavy (non-hydrogen) atoms. The van der Waals surface area contributed by atoms with Crippen LogP contribution in [0.3, 0.4) is 0 Å². The third kappa shape index (κ3) is 4.69. The molecule has 1 amide bonds. The molecule has 1 saturated heterocycles. The van der Waals surface area contributed by atoms with E-state index in [-0.39, 0.29) is 5.91 Å². The molecule has 0 radical (unpaired) electrons. The lowest BCUT2D eigenvalue weighted by atomic mass is 9.99. The van der Waals surface area contributed by atoms with Crippen LogP contribution in [0.15, 0.2) is 12.4 Å². The van der Waals surface area contributed by atoms with Gasteiger partial charge in [-0.25, -0.2) is 9.97 Å². The Kier molecular flexibility index (Phi) is 5.53. The molecule has 2 heterocycles. The summed E-state index contributed by atoms with van der Waals surface area (Å²) in [5, 5.41) is 3.18. The van der Waals surface area contributed by atoms with E-state index in [9.17, 15) is 4.79 Å². The predicted octanol–water partition coefficient (Wildman–Crippen LogP) is 2.81. The van der Waals surface area contributed by atoms with Gasteiger partial charge in [0.25, 0.3) is 5.91 Å². The highest BCUT2D eigenvalue weighted by atomic mass is 16.2. The SMILES string of the molecule is CC(C)CCNc1ncc(C(=O)N2CCC(C)CC2)cn1. The van der Waals surface area contributed by atoms with Crippen LogP contribution in [-0.4, -0.2) is 40.4 Å². The van der Waals surface area contributed by atoms with Crippen LogP contribution in [0.2, 0.25) is 0 Å². The molecule has 0 saturated carbocycles. The molecule has 0 spiro atoms. The Balaban J connectivity index is 1.87. The maximum Gasteiger partial charge on any atom is 0.256 e. The van der Waals surface area contributed by atoms with Crippen molar-refractivity contribution >= 4 is 11.9 Å². The molecule has 1 aromatic rings. The van der Waals surface area contributed by atoms with E-state index in [4.69, 9.17) is 0 Å². The van der Waals surface area contributed by atoms with E-state index in [1.807, 2.05) is 4.90 Å². The van der Waals surface area contributed by atoms with Crippen molar-refractivity contribution in [3.05, 3.63) is 18.0 Å². The van der Waals surface area contributed by atoms with Gasteiger partial charge in [-0.15, -0.1) is 0 Å². The topological polar surface area (TPSA) is 58.1 Å². The number of rotatable bonds is 5. The van der Waals surface area contributed by atoms with Gasteiger partial charge in [0.05, 0.1) is 5.56 Å². The quantitative estimate of drug-likeness (QED) is 0.906. The fourth-order valence-electron chi connectivity index (χ4n) is 2.40. The molecular formula is C16H26N4O. The van der Waals surface area contributed by atoms with E-state index in [1.54, 1.807) is 12.4 Å². The largest absolute Gasteiger partial charge is 0.354 e. The lowest BCUT2D eigenvalue weighted by Gasteiger charge is -2.30. The summed E-state index contributed by atoms with van der Waals surface area (Å²) < 4.78 is 0. The molecule has 1 aliphatic heterocycles. The summed E-state index contributed by atoms with van der Waals surface area (Å²) in [6, 6.07) is 0. The molecule has 1 fully saturated rings. The minimum absolute atomic E-state index is 0.0515. The van der Waals surface area contributed by atoms with Crippen molar-refractivity contribution in [3.63, 3.8) is 0 Å². The molecule has 0 atom stereocenters. The van der Waals surface area contributed by atoms with E-state index in [1.165, 1.54) is 0 Å². The minimum atomic E-state index is 0.0515. The molecule has 1 N–H and O–H groups in total. The molecule has 2 rings (SSSR count). The van der Waals surface area contributed by atoms with Gasteiger partial charge in [0.2, 0.25) is 5.95 Å². The second-order valence-electron chi connectivity index (χ2n) is 6.38. The Bertz CT molecular complexity index is 450. The summed E-state index contributed by atoms with van der Waals surface area (Å²) >= 11 is 0. The number of carbonyl (C=O) groups excluding carboxylic acids is 1. The molecule has 116 valence electrons. The van der Waals surface area contributed by atoms with Crippen molar-refractivity contribution in [3.8, 4) is 0 Å². The summed E-state index contributed by atoms with van der Waals surface area (Å²) in [5.74, 6) is 2.02. The van der Waals surface area contributed by atoms with Gasteiger partial charge >= 0.3 is 0 Å². The van der Waals surface area contributed by atoms with Gasteiger partial charge in [-0.1, -0.05) is 20.8 Å². The first-order valence-electron chi connectivity index (χ1n) is 7.91. The molecule has 0 bridgehead atoms. The van der Waals surface area contributed by atoms with Crippen molar-refractivity contribution in [2.24, 2.45) is 11.8 Å². The molecule has 5 heteroatoms. The summed E-state index contributed by atoms with van der Waals surface area (Å²) in [7, 11) is 0. The maximum atomic E-state index is 12.3. The van der Waals surface area contributed by atoms with Crippen molar-refractivity contribution in [1.82, 2.24) is 14.9 Å². The highest BCUT2D eigenvalue weighted by Crippen LogP contribution is 2.17. The van der Waals surface area contributed by atoms with Gasteiger partial charge in [-0.3, -0.25) is 4.79 Å². The van der Waals surface area contributed by atoms with Crippen LogP contribution in [0, 0.1) is 11.8 Å². The molecule has 1 aliphatic rings. The van der Waals surface area contributed by atoms with Crippen LogP contribution in [0.5, 0.6) is 0 Å². The number of anilines is 1. The second kappa shape index (κ2) is 7.38. The van der Waals surface area contributed by atoms with Crippen LogP contribution < -0.4 is 5.32 Å². The van der Waals surface area contributed by atoms with Gasteiger partial charge in [-0.05, 0) is 31.1 Å². The molecular weight excluding hydrogens is 264 g/mol. The summed E-state index contributed by atoms with van der Waals surface area (Å²) in [6.07, 6.45) is 6.51. The van der Waals surface area contributed by atoms with E-state index in [0.717, 1.165) is 44.8 Å². The van der Waals surface area contributed by atoms with Crippen LogP contribution >= 0.6 is 0 Å². The number of aromatic nitrogens is 2. The van der Waals surface area contributed by atoms with E-state index >= 15 is 0 Å². The predicted molar refractivity (Wildman–Crippen MR) is 84.3 cm³/mol. The minimum Gasteiger partial charge on any atom is -0.354 e. The van der Waals surface area contributed by atoms with Crippen molar-refractivity contribution < 1.29 is 4.79 Å². The standard InChI is InChI=1S/C16H26N4O/c1-12(2)4-7-17-16-18-10-14(11-19-16)15(21)20-8-5-13(3)6-9-20/h10-13H,4-9H2,1-3H3,(H,17,18,19). The number of likely N-dealkylation sites (tertiary alicyclic amines) is 1. The van der Waals surface area contributed by atoms with Crippen molar-refractivity contribution in [2.45, 2.75) is 40.0 Å². The van der Waals surface area contributed by atoms with Crippen LogP contribution in [0.25, 0.3) is 0 Å². The second-order valence-corrected chi connectivity index (χ2v) is 6.38. The Morgan fingerprint density at radius 3 is 2.52 bits per heavy atom. The summed E-state index contributed by atoms with van der Waals surface area (Å²) in [6.45, 7) is 9.15. The summed E-state index contributed by atoms with van der Waals surface area (Å²) in [5.41, 5.74) is 0.582. The first-order valence-corrected chi connectivity index (χ1v) is 7.91. The first-order chi connectivity index (χ1) is 10.1. The van der Waals surface area contributed by atoms with Gasteiger partial charge < -0.3 is 10.2 Å². The number of nitrogens with one attached hydrogen (secondary N) is 1. The Morgan fingerprint density at radius 1 is 1.33 bits per heavy atom. The van der Waals surface area contributed by atoms with Gasteiger partial charge in [0, 0.05) is 32.0 Å². The lowest BCUT2D eigenvalue weighted by molar-refractivity contribution is 0.0696. The smallest absolute Gasteiger partial charge is 0.256 e. The highest BCUT2D eigenvalue weighted by molar-refractivity contribution is 5.93. The van der Waals surface area contributed by atoms with Crippen LogP contribution in [-0.2, 0) is 0 Å². The number of nitrogens with zero attached hydrogens (tertiary/aromatic N) is 3. The lowest BCUT2D eigenvalue weighted by Crippen LogP contribution is -2.38. The fraction of sp³-hybridized carbons (Fsp3) is 0.688. The zero-order valence-electron chi connectivity index (χ0n) is 13.3. The van der Waals surface area contributed by atoms with Crippen LogP contribution in [0.1, 0.15) is 50.4 Å². The third-order valence-corrected chi connectivity index (χ3v) is 3.97. The average Bonchev–Trinajstić information content (AvgIpc) is 2.48. The summed E-state index contributed by atoms with van der Waals surface area (Å²) in [4.78, 5) is 22.7. The maximum absolute atomic E-state index is 12.3. The highest BCUT2D eigenvalue weighted by Gasteiger charge is 2.21. The molecule has 0 aromatic carbocycles. The monoisotopic (exact) mass is 290 g/mol. The zero-order valence-corrected chi connectivity index (χ0v) is 13.3. The Morgan fingerprint density at radius 2 is 1.95 bits per heavy atom. The average molecular weight is 290 g/mol. The Labute approximate surface area is 127 Å². The molecule has 0 unspecified atom stereocenters. The molecule has 1 aromatic heterocycles. The van der Waals surface area contributed by atoms with E-state index < -0.39 is 0 Å². The number of carbonyl (C=O) groups is 1. The van der Waals surface area contributed by atoms with E-state index in [0.29, 0.717) is 17.4 Å². The first kappa shape index (κ1) is 15.7. The number of amides is 1. The van der Waals surface area contributed by atoms with Gasteiger partial charge in [0.1, 0.15) is 0 Å². The number of hydrogen-bond donors (Lipinski definition) is 1. The van der Waals surface area contributed by atoms with Crippen molar-refractivity contribution in [1.29, 1.82) is 0 Å². The van der Waals surface area contributed by atoms with Gasteiger partial charge in [0.15, 0.2) is 0 Å². The number of piperidine rings is 1. The zero-order chi connectivity index (χ0) is 15.2. The fourth-order valence-corrected chi connectivity index (χ4v) is 2.40. The number of hydrogen-bond acceptors (Lipinski definition) is 4. The van der Waals surface area contributed by atoms with E-state index in [2.05, 4.69) is 36.1 Å². The van der Waals surface area contributed by atoms with Gasteiger partial charge in [-0.2, -0.15) is 0 Å². The van der Waals surface area contributed by atoms with Crippen molar-refractivity contribution in [2.75, 3.05) is 25.0 Å². The normalized spacial score (nSPS) is 16.3. The third-order valence-electron chi connectivity index (χ3n) is 3.97. The van der Waals surface area contributed by atoms with Crippen LogP contribution in [0.4, 0.5) is 5.95 Å². The molecule has 5 nitrogen and oxygen atoms in total.